The Balaban J connectivity index is 2.16. The summed E-state index contributed by atoms with van der Waals surface area (Å²) >= 11 is 0. The van der Waals surface area contributed by atoms with Crippen LogP contribution in [0, 0.1) is 12.8 Å². The normalized spacial score (nSPS) is 20.0. The molecule has 0 aromatic heterocycles. The third kappa shape index (κ3) is 2.37. The Morgan fingerprint density at radius 3 is 2.78 bits per heavy atom. The van der Waals surface area contributed by atoms with Gasteiger partial charge in [-0.3, -0.25) is 9.59 Å². The minimum atomic E-state index is -0.0825. The number of rotatable bonds is 1. The molecule has 4 nitrogen and oxygen atoms in total. The van der Waals surface area contributed by atoms with Crippen molar-refractivity contribution in [2.24, 2.45) is 5.92 Å². The van der Waals surface area contributed by atoms with Crippen LogP contribution in [-0.4, -0.2) is 34.8 Å². The van der Waals surface area contributed by atoms with E-state index >= 15 is 0 Å². The second-order valence-corrected chi connectivity index (χ2v) is 4.87. The number of ketones is 1. The van der Waals surface area contributed by atoms with E-state index in [9.17, 15) is 14.7 Å². The summed E-state index contributed by atoms with van der Waals surface area (Å²) in [5, 5.41) is 9.44. The van der Waals surface area contributed by atoms with E-state index < -0.39 is 0 Å². The summed E-state index contributed by atoms with van der Waals surface area (Å²) in [5.41, 5.74) is 1.24. The van der Waals surface area contributed by atoms with Gasteiger partial charge in [-0.1, -0.05) is 6.92 Å². The minimum absolute atomic E-state index is 0.0718. The predicted molar refractivity (Wildman–Crippen MR) is 67.5 cm³/mol. The number of likely N-dealkylation sites (tertiary alicyclic amines) is 1. The predicted octanol–water partition coefficient (Wildman–Crippen LogP) is 1.75. The van der Waals surface area contributed by atoms with Crippen molar-refractivity contribution in [1.29, 1.82) is 0 Å². The number of amides is 1. The van der Waals surface area contributed by atoms with Crippen molar-refractivity contribution >= 4 is 11.7 Å². The van der Waals surface area contributed by atoms with Crippen molar-refractivity contribution in [3.63, 3.8) is 0 Å². The first-order valence-corrected chi connectivity index (χ1v) is 6.10. The second-order valence-electron chi connectivity index (χ2n) is 4.87. The van der Waals surface area contributed by atoms with Crippen molar-refractivity contribution in [3.05, 3.63) is 29.3 Å². The van der Waals surface area contributed by atoms with Gasteiger partial charge >= 0.3 is 0 Å². The zero-order valence-electron chi connectivity index (χ0n) is 10.6. The van der Waals surface area contributed by atoms with Crippen molar-refractivity contribution in [2.75, 3.05) is 13.1 Å². The van der Waals surface area contributed by atoms with Crippen molar-refractivity contribution in [2.45, 2.75) is 20.3 Å². The van der Waals surface area contributed by atoms with Crippen molar-refractivity contribution in [1.82, 2.24) is 4.90 Å². The van der Waals surface area contributed by atoms with E-state index in [-0.39, 0.29) is 23.4 Å². The number of nitrogens with zero attached hydrogens (tertiary/aromatic N) is 1. The number of carbonyl (C=O) groups is 2. The summed E-state index contributed by atoms with van der Waals surface area (Å²) in [4.78, 5) is 25.4. The molecule has 18 heavy (non-hydrogen) atoms. The molecule has 1 N–H and O–H groups in total. The van der Waals surface area contributed by atoms with Crippen LogP contribution >= 0.6 is 0 Å². The highest BCUT2D eigenvalue weighted by Gasteiger charge is 2.27. The smallest absolute Gasteiger partial charge is 0.253 e. The number of phenolic OH excluding ortho intramolecular Hbond substituents is 1. The number of Topliss-reactive ketones (excluding diaryl/α,β-unsaturated/α-hetero) is 1. The number of phenols is 1. The number of hydrogen-bond donors (Lipinski definition) is 1. The Hall–Kier alpha value is -1.84. The third-order valence-electron chi connectivity index (χ3n) is 3.40. The van der Waals surface area contributed by atoms with Crippen LogP contribution in [-0.2, 0) is 4.79 Å². The molecule has 1 aliphatic heterocycles. The molecule has 1 unspecified atom stereocenters. The molecular formula is C14H17NO3. The number of benzene rings is 1. The van der Waals surface area contributed by atoms with Crippen LogP contribution in [0.5, 0.6) is 5.75 Å². The molecule has 96 valence electrons. The number of aryl methyl sites for hydroxylation is 1. The molecule has 1 heterocycles. The highest BCUT2D eigenvalue weighted by molar-refractivity contribution is 5.96. The summed E-state index contributed by atoms with van der Waals surface area (Å²) in [5.74, 6) is 0.257. The lowest BCUT2D eigenvalue weighted by Crippen LogP contribution is -2.43. The minimum Gasteiger partial charge on any atom is -0.508 e. The number of hydrogen-bond acceptors (Lipinski definition) is 3. The first-order chi connectivity index (χ1) is 8.49. The molecule has 1 aromatic carbocycles. The molecular weight excluding hydrogens is 230 g/mol. The molecule has 1 amide bonds. The fraction of sp³-hybridized carbons (Fsp3) is 0.429. The third-order valence-corrected chi connectivity index (χ3v) is 3.40. The maximum Gasteiger partial charge on any atom is 0.253 e. The molecule has 0 aliphatic carbocycles. The number of carbonyl (C=O) groups excluding carboxylic acids is 2. The Morgan fingerprint density at radius 2 is 2.17 bits per heavy atom. The second kappa shape index (κ2) is 4.80. The van der Waals surface area contributed by atoms with E-state index in [1.54, 1.807) is 24.0 Å². The highest BCUT2D eigenvalue weighted by atomic mass is 16.3. The van der Waals surface area contributed by atoms with Crippen molar-refractivity contribution in [3.8, 4) is 5.75 Å². The molecule has 0 saturated carbocycles. The monoisotopic (exact) mass is 247 g/mol. The first-order valence-electron chi connectivity index (χ1n) is 6.10. The molecule has 1 atom stereocenters. The van der Waals surface area contributed by atoms with Gasteiger partial charge in [0.2, 0.25) is 0 Å². The Kier molecular flexibility index (Phi) is 3.36. The molecule has 1 aliphatic rings. The van der Waals surface area contributed by atoms with Gasteiger partial charge in [0.15, 0.2) is 0 Å². The first kappa shape index (κ1) is 12.6. The summed E-state index contributed by atoms with van der Waals surface area (Å²) in [6.45, 7) is 4.58. The van der Waals surface area contributed by atoms with Gasteiger partial charge in [0.25, 0.3) is 5.91 Å². The van der Waals surface area contributed by atoms with Crippen LogP contribution < -0.4 is 0 Å². The van der Waals surface area contributed by atoms with Gasteiger partial charge in [0, 0.05) is 31.0 Å². The van der Waals surface area contributed by atoms with Crippen LogP contribution in [0.25, 0.3) is 0 Å². The van der Waals surface area contributed by atoms with Gasteiger partial charge in [-0.15, -0.1) is 0 Å². The van der Waals surface area contributed by atoms with Crippen LogP contribution in [0.1, 0.15) is 29.3 Å². The molecule has 4 heteroatoms. The topological polar surface area (TPSA) is 57.6 Å². The average Bonchev–Trinajstić information content (AvgIpc) is 2.35. The number of piperidine rings is 1. The molecule has 1 saturated heterocycles. The average molecular weight is 247 g/mol. The highest BCUT2D eigenvalue weighted by Crippen LogP contribution is 2.20. The van der Waals surface area contributed by atoms with Gasteiger partial charge in [0.05, 0.1) is 0 Å². The zero-order valence-corrected chi connectivity index (χ0v) is 10.6. The molecule has 1 fully saturated rings. The van der Waals surface area contributed by atoms with E-state index in [0.717, 1.165) is 0 Å². The van der Waals surface area contributed by atoms with E-state index in [2.05, 4.69) is 0 Å². The maximum absolute atomic E-state index is 12.2. The van der Waals surface area contributed by atoms with Crippen LogP contribution in [0.3, 0.4) is 0 Å². The van der Waals surface area contributed by atoms with E-state index in [1.807, 2.05) is 6.92 Å². The standard InChI is InChI=1S/C14H17NO3/c1-9-7-11(3-4-12(9)16)14(18)15-6-5-13(17)10(2)8-15/h3-4,7,10,16H,5-6,8H2,1-2H3. The fourth-order valence-electron chi connectivity index (χ4n) is 2.17. The Morgan fingerprint density at radius 1 is 1.44 bits per heavy atom. The zero-order chi connectivity index (χ0) is 13.3. The lowest BCUT2D eigenvalue weighted by atomic mass is 9.97. The maximum atomic E-state index is 12.2. The summed E-state index contributed by atoms with van der Waals surface area (Å²) in [6.07, 6.45) is 0.434. The van der Waals surface area contributed by atoms with Gasteiger partial charge < -0.3 is 10.0 Å². The van der Waals surface area contributed by atoms with Gasteiger partial charge in [-0.2, -0.15) is 0 Å². The van der Waals surface area contributed by atoms with Crippen LogP contribution in [0.4, 0.5) is 0 Å². The van der Waals surface area contributed by atoms with E-state index in [1.165, 1.54) is 6.07 Å². The lowest BCUT2D eigenvalue weighted by Gasteiger charge is -2.30. The van der Waals surface area contributed by atoms with Gasteiger partial charge in [-0.25, -0.2) is 0 Å². The summed E-state index contributed by atoms with van der Waals surface area (Å²) < 4.78 is 0. The Bertz CT molecular complexity index is 496. The molecule has 2 rings (SSSR count). The lowest BCUT2D eigenvalue weighted by molar-refractivity contribution is -0.124. The van der Waals surface area contributed by atoms with Crippen LogP contribution in [0.15, 0.2) is 18.2 Å². The summed E-state index contributed by atoms with van der Waals surface area (Å²) in [7, 11) is 0. The molecule has 0 bridgehead atoms. The van der Waals surface area contributed by atoms with Gasteiger partial charge in [-0.05, 0) is 30.7 Å². The quantitative estimate of drug-likeness (QED) is 0.822. The summed E-state index contributed by atoms with van der Waals surface area (Å²) in [6, 6.07) is 4.83. The van der Waals surface area contributed by atoms with Crippen molar-refractivity contribution < 1.29 is 14.7 Å². The van der Waals surface area contributed by atoms with E-state index in [4.69, 9.17) is 0 Å². The van der Waals surface area contributed by atoms with Gasteiger partial charge in [0.1, 0.15) is 11.5 Å². The number of aromatic hydroxyl groups is 1. The fourth-order valence-corrected chi connectivity index (χ4v) is 2.17. The van der Waals surface area contributed by atoms with E-state index in [0.29, 0.717) is 30.6 Å². The molecule has 0 radical (unpaired) electrons. The van der Waals surface area contributed by atoms with Crippen LogP contribution in [0.2, 0.25) is 0 Å². The largest absolute Gasteiger partial charge is 0.508 e. The Labute approximate surface area is 106 Å². The SMILES string of the molecule is Cc1cc(C(=O)N2CCC(=O)C(C)C2)ccc1O. The molecule has 0 spiro atoms. The molecule has 1 aromatic rings.